The van der Waals surface area contributed by atoms with E-state index in [1.807, 2.05) is 41.4 Å². The number of nitrogens with zero attached hydrogens (tertiary/aromatic N) is 4. The van der Waals surface area contributed by atoms with Crippen molar-refractivity contribution in [2.24, 2.45) is 0 Å². The van der Waals surface area contributed by atoms with Gasteiger partial charge in [0.05, 0.1) is 10.7 Å². The number of rotatable bonds is 4. The van der Waals surface area contributed by atoms with Gasteiger partial charge in [-0.2, -0.15) is 0 Å². The summed E-state index contributed by atoms with van der Waals surface area (Å²) in [6, 6.07) is 11.9. The summed E-state index contributed by atoms with van der Waals surface area (Å²) in [5.74, 6) is 1.01. The Morgan fingerprint density at radius 2 is 1.75 bits per heavy atom. The number of nitrogens with one attached hydrogen (secondary N) is 1. The highest BCUT2D eigenvalue weighted by Crippen LogP contribution is 2.26. The third kappa shape index (κ3) is 4.33. The largest absolute Gasteiger partial charge is 0.367 e. The maximum absolute atomic E-state index is 12.6. The topological polar surface area (TPSA) is 51.7 Å². The first-order chi connectivity index (χ1) is 13.7. The lowest BCUT2D eigenvalue weighted by molar-refractivity contribution is 0.194. The minimum Gasteiger partial charge on any atom is -0.367 e. The van der Waals surface area contributed by atoms with Crippen LogP contribution in [0.2, 0.25) is 5.02 Å². The van der Waals surface area contributed by atoms with Crippen LogP contribution in [-0.4, -0.2) is 55.2 Å². The summed E-state index contributed by atoms with van der Waals surface area (Å²) in [5.41, 5.74) is 2.12. The lowest BCUT2D eigenvalue weighted by atomic mass is 10.2. The lowest BCUT2D eigenvalue weighted by Crippen LogP contribution is -2.51. The monoisotopic (exact) mass is 399 g/mol. The molecule has 1 N–H and O–H groups in total. The van der Waals surface area contributed by atoms with Gasteiger partial charge in [0.25, 0.3) is 0 Å². The van der Waals surface area contributed by atoms with Crippen molar-refractivity contribution in [3.63, 3.8) is 0 Å². The Labute approximate surface area is 171 Å². The Morgan fingerprint density at radius 1 is 1.00 bits per heavy atom. The summed E-state index contributed by atoms with van der Waals surface area (Å²) in [7, 11) is 0. The first-order valence-electron chi connectivity index (χ1n) is 9.93. The van der Waals surface area contributed by atoms with Crippen LogP contribution in [0.1, 0.15) is 18.4 Å². The van der Waals surface area contributed by atoms with Crippen molar-refractivity contribution in [2.45, 2.75) is 19.4 Å². The number of carbonyl (C=O) groups excluding carboxylic acids is 1. The van der Waals surface area contributed by atoms with E-state index < -0.39 is 0 Å². The quantitative estimate of drug-likeness (QED) is 0.856. The Morgan fingerprint density at radius 3 is 2.50 bits per heavy atom. The van der Waals surface area contributed by atoms with E-state index in [0.29, 0.717) is 19.6 Å². The average molecular weight is 400 g/mol. The number of aromatic nitrogens is 1. The van der Waals surface area contributed by atoms with Crippen molar-refractivity contribution in [1.29, 1.82) is 0 Å². The summed E-state index contributed by atoms with van der Waals surface area (Å²) >= 11 is 6.29. The summed E-state index contributed by atoms with van der Waals surface area (Å²) in [6.07, 6.45) is 4.28. The molecule has 2 aromatic rings. The van der Waals surface area contributed by atoms with Gasteiger partial charge in [-0.1, -0.05) is 23.7 Å². The minimum absolute atomic E-state index is 0.0154. The van der Waals surface area contributed by atoms with E-state index in [-0.39, 0.29) is 6.03 Å². The Kier molecular flexibility index (Phi) is 5.86. The third-order valence-electron chi connectivity index (χ3n) is 5.44. The van der Waals surface area contributed by atoms with Gasteiger partial charge in [-0.25, -0.2) is 9.78 Å². The van der Waals surface area contributed by atoms with Gasteiger partial charge >= 0.3 is 6.03 Å². The van der Waals surface area contributed by atoms with E-state index in [1.54, 1.807) is 0 Å². The normalized spacial score (nSPS) is 17.1. The predicted molar refractivity (Wildman–Crippen MR) is 113 cm³/mol. The molecule has 2 aliphatic rings. The number of piperazine rings is 1. The van der Waals surface area contributed by atoms with E-state index >= 15 is 0 Å². The maximum Gasteiger partial charge on any atom is 0.317 e. The number of hydrogen-bond donors (Lipinski definition) is 1. The van der Waals surface area contributed by atoms with Gasteiger partial charge in [0.1, 0.15) is 5.82 Å². The van der Waals surface area contributed by atoms with Crippen molar-refractivity contribution >= 4 is 29.1 Å². The molecule has 0 radical (unpaired) electrons. The molecule has 148 valence electrons. The van der Waals surface area contributed by atoms with Crippen molar-refractivity contribution in [3.05, 3.63) is 53.2 Å². The number of anilines is 2. The third-order valence-corrected chi connectivity index (χ3v) is 5.76. The molecule has 4 rings (SSSR count). The smallest absolute Gasteiger partial charge is 0.317 e. The molecule has 0 saturated carbocycles. The summed E-state index contributed by atoms with van der Waals surface area (Å²) in [6.45, 7) is 5.60. The SMILES string of the molecule is O=C(NCc1ccnc(N2CCCC2)c1)N1CCN(c2ccccc2Cl)CC1. The molecule has 3 heterocycles. The lowest BCUT2D eigenvalue weighted by Gasteiger charge is -2.36. The zero-order chi connectivity index (χ0) is 19.3. The van der Waals surface area contributed by atoms with Crippen LogP contribution in [0.3, 0.4) is 0 Å². The van der Waals surface area contributed by atoms with Gasteiger partial charge in [-0.15, -0.1) is 0 Å². The summed E-state index contributed by atoms with van der Waals surface area (Å²) < 4.78 is 0. The molecule has 2 fully saturated rings. The van der Waals surface area contributed by atoms with Crippen molar-refractivity contribution in [2.75, 3.05) is 49.1 Å². The van der Waals surface area contributed by atoms with Crippen LogP contribution in [0, 0.1) is 0 Å². The minimum atomic E-state index is -0.0154. The van der Waals surface area contributed by atoms with E-state index in [9.17, 15) is 4.79 Å². The van der Waals surface area contributed by atoms with E-state index in [1.165, 1.54) is 12.8 Å². The van der Waals surface area contributed by atoms with Gasteiger partial charge in [0.2, 0.25) is 0 Å². The number of benzene rings is 1. The second-order valence-electron chi connectivity index (χ2n) is 7.30. The molecule has 6 nitrogen and oxygen atoms in total. The van der Waals surface area contributed by atoms with Crippen molar-refractivity contribution in [3.8, 4) is 0 Å². The average Bonchev–Trinajstić information content (AvgIpc) is 3.28. The maximum atomic E-state index is 12.6. The molecular weight excluding hydrogens is 374 g/mol. The molecule has 28 heavy (non-hydrogen) atoms. The van der Waals surface area contributed by atoms with Crippen LogP contribution in [-0.2, 0) is 6.54 Å². The van der Waals surface area contributed by atoms with Crippen LogP contribution in [0.25, 0.3) is 0 Å². The molecule has 0 unspecified atom stereocenters. The fourth-order valence-electron chi connectivity index (χ4n) is 3.84. The second-order valence-corrected chi connectivity index (χ2v) is 7.71. The molecule has 1 aromatic carbocycles. The molecule has 1 aromatic heterocycles. The van der Waals surface area contributed by atoms with E-state index in [4.69, 9.17) is 11.6 Å². The molecule has 7 heteroatoms. The summed E-state index contributed by atoms with van der Waals surface area (Å²) in [4.78, 5) is 23.4. The molecule has 2 saturated heterocycles. The van der Waals surface area contributed by atoms with Gasteiger partial charge in [0.15, 0.2) is 0 Å². The zero-order valence-corrected chi connectivity index (χ0v) is 16.7. The van der Waals surface area contributed by atoms with Crippen LogP contribution < -0.4 is 15.1 Å². The zero-order valence-electron chi connectivity index (χ0n) is 16.0. The molecule has 0 spiro atoms. The highest BCUT2D eigenvalue weighted by atomic mass is 35.5. The molecule has 2 aliphatic heterocycles. The number of pyridine rings is 1. The number of carbonyl (C=O) groups is 1. The van der Waals surface area contributed by atoms with Crippen LogP contribution in [0.4, 0.5) is 16.3 Å². The molecule has 0 atom stereocenters. The number of para-hydroxylation sites is 1. The van der Waals surface area contributed by atoms with Gasteiger partial charge in [0, 0.05) is 52.0 Å². The Hall–Kier alpha value is -2.47. The number of amides is 2. The molecular formula is C21H26ClN5O. The number of hydrogen-bond acceptors (Lipinski definition) is 4. The van der Waals surface area contributed by atoms with Gasteiger partial charge in [-0.05, 0) is 42.7 Å². The Balaban J connectivity index is 1.28. The van der Waals surface area contributed by atoms with Gasteiger partial charge < -0.3 is 20.0 Å². The first kappa shape index (κ1) is 18.9. The van der Waals surface area contributed by atoms with Crippen molar-refractivity contribution in [1.82, 2.24) is 15.2 Å². The van der Waals surface area contributed by atoms with Crippen LogP contribution >= 0.6 is 11.6 Å². The standard InChI is InChI=1S/C21H26ClN5O/c22-18-5-1-2-6-19(18)25-11-13-27(14-12-25)21(28)24-16-17-7-8-23-20(15-17)26-9-3-4-10-26/h1-2,5-8,15H,3-4,9-14,16H2,(H,24,28). The van der Waals surface area contributed by atoms with Gasteiger partial charge in [-0.3, -0.25) is 0 Å². The highest BCUT2D eigenvalue weighted by Gasteiger charge is 2.22. The predicted octanol–water partition coefficient (Wildman–Crippen LogP) is 3.37. The fraction of sp³-hybridized carbons (Fsp3) is 0.429. The van der Waals surface area contributed by atoms with Crippen LogP contribution in [0.5, 0.6) is 0 Å². The van der Waals surface area contributed by atoms with E-state index in [2.05, 4.69) is 26.2 Å². The first-order valence-corrected chi connectivity index (χ1v) is 10.3. The molecule has 0 aliphatic carbocycles. The van der Waals surface area contributed by atoms with Crippen molar-refractivity contribution < 1.29 is 4.79 Å². The highest BCUT2D eigenvalue weighted by molar-refractivity contribution is 6.33. The van der Waals surface area contributed by atoms with Crippen LogP contribution in [0.15, 0.2) is 42.6 Å². The molecule has 2 amide bonds. The summed E-state index contributed by atoms with van der Waals surface area (Å²) in [5, 5.41) is 3.80. The van der Waals surface area contributed by atoms with E-state index in [0.717, 1.165) is 48.3 Å². The second kappa shape index (κ2) is 8.69. The fourth-order valence-corrected chi connectivity index (χ4v) is 4.09. The Bertz CT molecular complexity index is 816. The number of halogens is 1. The molecule has 0 bridgehead atoms. The number of urea groups is 1.